The fraction of sp³-hybridized carbons (Fsp3) is 0. The predicted molar refractivity (Wildman–Crippen MR) is 288 cm³/mol. The van der Waals surface area contributed by atoms with Crippen molar-refractivity contribution >= 4 is 38.9 Å². The van der Waals surface area contributed by atoms with Gasteiger partial charge in [0, 0.05) is 33.4 Å². The second-order valence-electron chi connectivity index (χ2n) is 17.2. The summed E-state index contributed by atoms with van der Waals surface area (Å²) in [6, 6.07) is 101. The summed E-state index contributed by atoms with van der Waals surface area (Å²) in [5.41, 5.74) is 20.8. The van der Waals surface area contributed by atoms with Crippen LogP contribution in [0.4, 0.5) is 17.1 Å². The van der Waals surface area contributed by atoms with Crippen LogP contribution in [-0.2, 0) is 0 Å². The van der Waals surface area contributed by atoms with E-state index < -0.39 is 0 Å². The summed E-state index contributed by atoms with van der Waals surface area (Å²) in [5, 5.41) is 2.48. The number of fused-ring (bicyclic) bond motifs is 3. The minimum Gasteiger partial charge on any atom is -0.310 e. The van der Waals surface area contributed by atoms with Gasteiger partial charge in [-0.1, -0.05) is 231 Å². The average molecular weight is 867 g/mol. The Morgan fingerprint density at radius 1 is 0.250 bits per heavy atom. The van der Waals surface area contributed by atoms with Crippen LogP contribution in [0.3, 0.4) is 0 Å². The summed E-state index contributed by atoms with van der Waals surface area (Å²) in [4.78, 5) is 2.44. The highest BCUT2D eigenvalue weighted by Gasteiger charge is 2.22. The molecule has 0 radical (unpaired) electrons. The molecule has 1 heterocycles. The van der Waals surface area contributed by atoms with E-state index in [-0.39, 0.29) is 0 Å². The van der Waals surface area contributed by atoms with E-state index in [0.717, 1.165) is 39.4 Å². The molecule has 0 unspecified atom stereocenters. The fourth-order valence-electron chi connectivity index (χ4n) is 10.1. The topological polar surface area (TPSA) is 8.17 Å². The van der Waals surface area contributed by atoms with Crippen LogP contribution in [0.2, 0.25) is 0 Å². The molecule has 0 spiro atoms. The first-order chi connectivity index (χ1) is 33.8. The van der Waals surface area contributed by atoms with Crippen molar-refractivity contribution in [3.05, 3.63) is 279 Å². The van der Waals surface area contributed by atoms with Gasteiger partial charge in [-0.05, 0) is 110 Å². The average Bonchev–Trinajstić information content (AvgIpc) is 3.76. The number of aromatic nitrogens is 1. The van der Waals surface area contributed by atoms with E-state index in [9.17, 15) is 0 Å². The van der Waals surface area contributed by atoms with E-state index in [1.807, 2.05) is 0 Å². The molecule has 12 aromatic rings. The minimum absolute atomic E-state index is 1.06. The number of hydrogen-bond acceptors (Lipinski definition) is 1. The zero-order valence-electron chi connectivity index (χ0n) is 37.5. The van der Waals surface area contributed by atoms with Crippen molar-refractivity contribution in [2.24, 2.45) is 0 Å². The molecule has 11 aromatic carbocycles. The highest BCUT2D eigenvalue weighted by atomic mass is 15.1. The number of para-hydroxylation sites is 3. The number of anilines is 3. The molecule has 68 heavy (non-hydrogen) atoms. The number of nitrogens with zero attached hydrogens (tertiary/aromatic N) is 2. The first-order valence-corrected chi connectivity index (χ1v) is 23.3. The largest absolute Gasteiger partial charge is 0.310 e. The lowest BCUT2D eigenvalue weighted by atomic mass is 9.84. The Morgan fingerprint density at radius 3 is 1.32 bits per heavy atom. The van der Waals surface area contributed by atoms with Crippen molar-refractivity contribution in [3.63, 3.8) is 0 Å². The van der Waals surface area contributed by atoms with Gasteiger partial charge >= 0.3 is 0 Å². The van der Waals surface area contributed by atoms with Crippen LogP contribution in [0.5, 0.6) is 0 Å². The van der Waals surface area contributed by atoms with E-state index >= 15 is 0 Å². The molecule has 0 N–H and O–H groups in total. The molecule has 0 amide bonds. The van der Waals surface area contributed by atoms with E-state index in [0.29, 0.717) is 0 Å². The third-order valence-electron chi connectivity index (χ3n) is 13.2. The molecule has 2 nitrogen and oxygen atoms in total. The van der Waals surface area contributed by atoms with Gasteiger partial charge in [0.15, 0.2) is 0 Å². The molecular formula is C66H46N2. The van der Waals surface area contributed by atoms with E-state index in [1.54, 1.807) is 0 Å². The zero-order valence-corrected chi connectivity index (χ0v) is 37.5. The summed E-state index contributed by atoms with van der Waals surface area (Å²) in [6.45, 7) is 0. The first kappa shape index (κ1) is 40.5. The molecule has 0 saturated heterocycles. The summed E-state index contributed by atoms with van der Waals surface area (Å²) in [6.07, 6.45) is 0. The van der Waals surface area contributed by atoms with E-state index in [2.05, 4.69) is 289 Å². The molecule has 2 heteroatoms. The van der Waals surface area contributed by atoms with Crippen LogP contribution >= 0.6 is 0 Å². The van der Waals surface area contributed by atoms with Crippen LogP contribution in [0.25, 0.3) is 94.3 Å². The van der Waals surface area contributed by atoms with E-state index in [1.165, 1.54) is 71.9 Å². The van der Waals surface area contributed by atoms with Gasteiger partial charge < -0.3 is 9.47 Å². The molecule has 0 aliphatic heterocycles. The zero-order chi connectivity index (χ0) is 45.2. The third-order valence-corrected chi connectivity index (χ3v) is 13.2. The van der Waals surface area contributed by atoms with Gasteiger partial charge in [0.2, 0.25) is 0 Å². The molecular weight excluding hydrogens is 821 g/mol. The van der Waals surface area contributed by atoms with Gasteiger partial charge in [0.25, 0.3) is 0 Å². The monoisotopic (exact) mass is 866 g/mol. The Labute approximate surface area is 397 Å². The second-order valence-corrected chi connectivity index (χ2v) is 17.2. The molecule has 0 saturated carbocycles. The normalized spacial score (nSPS) is 11.2. The van der Waals surface area contributed by atoms with Crippen LogP contribution < -0.4 is 4.90 Å². The molecule has 0 fully saturated rings. The lowest BCUT2D eigenvalue weighted by Crippen LogP contribution is -2.12. The van der Waals surface area contributed by atoms with Crippen molar-refractivity contribution in [3.8, 4) is 72.4 Å². The molecule has 1 aromatic heterocycles. The standard InChI is InChI=1S/C66H46N2/c1-4-21-47(22-5-1)48-41-43-51(44-42-48)57-32-12-15-38-63(57)67(54-29-19-30-55(46-54)68-64-39-16-13-33-60(64)61-34-14-17-40-65(61)68)53-28-18-27-52(45-53)59-37-20-36-58(50-25-8-3-9-26-50)66(59)62-35-11-10-31-56(62)49-23-6-2-7-24-49/h1-46H. The maximum Gasteiger partial charge on any atom is 0.0541 e. The molecule has 0 bridgehead atoms. The molecule has 0 aliphatic carbocycles. The number of benzene rings is 11. The van der Waals surface area contributed by atoms with Gasteiger partial charge in [0.1, 0.15) is 0 Å². The maximum atomic E-state index is 2.44. The number of hydrogen-bond donors (Lipinski definition) is 0. The van der Waals surface area contributed by atoms with Crippen molar-refractivity contribution in [1.29, 1.82) is 0 Å². The first-order valence-electron chi connectivity index (χ1n) is 23.3. The smallest absolute Gasteiger partial charge is 0.0541 e. The van der Waals surface area contributed by atoms with Gasteiger partial charge in [-0.25, -0.2) is 0 Å². The Kier molecular flexibility index (Phi) is 10.6. The van der Waals surface area contributed by atoms with Gasteiger partial charge in [-0.3, -0.25) is 0 Å². The Bertz CT molecular complexity index is 3670. The third kappa shape index (κ3) is 7.45. The fourth-order valence-corrected chi connectivity index (χ4v) is 10.1. The van der Waals surface area contributed by atoms with Crippen molar-refractivity contribution in [2.75, 3.05) is 4.90 Å². The van der Waals surface area contributed by atoms with Gasteiger partial charge in [-0.15, -0.1) is 0 Å². The highest BCUT2D eigenvalue weighted by molar-refractivity contribution is 6.09. The van der Waals surface area contributed by atoms with Crippen molar-refractivity contribution < 1.29 is 0 Å². The van der Waals surface area contributed by atoms with Gasteiger partial charge in [0.05, 0.1) is 16.7 Å². The molecule has 320 valence electrons. The number of rotatable bonds is 10. The summed E-state index contributed by atoms with van der Waals surface area (Å²) in [7, 11) is 0. The van der Waals surface area contributed by atoms with Gasteiger partial charge in [-0.2, -0.15) is 0 Å². The summed E-state index contributed by atoms with van der Waals surface area (Å²) >= 11 is 0. The molecule has 12 rings (SSSR count). The van der Waals surface area contributed by atoms with Crippen LogP contribution in [0, 0.1) is 0 Å². The quantitative estimate of drug-likeness (QED) is 0.133. The van der Waals surface area contributed by atoms with E-state index in [4.69, 9.17) is 0 Å². The Balaban J connectivity index is 1.07. The Hall–Kier alpha value is -8.98. The minimum atomic E-state index is 1.06. The highest BCUT2D eigenvalue weighted by Crippen LogP contribution is 2.47. The second kappa shape index (κ2) is 17.8. The lowest BCUT2D eigenvalue weighted by Gasteiger charge is -2.29. The Morgan fingerprint density at radius 2 is 0.662 bits per heavy atom. The lowest BCUT2D eigenvalue weighted by molar-refractivity contribution is 1.17. The van der Waals surface area contributed by atoms with Crippen LogP contribution in [-0.4, -0.2) is 4.57 Å². The molecule has 0 atom stereocenters. The molecule has 0 aliphatic rings. The van der Waals surface area contributed by atoms with Crippen LogP contribution in [0.1, 0.15) is 0 Å². The predicted octanol–water partition coefficient (Wildman–Crippen LogP) is 18.3. The summed E-state index contributed by atoms with van der Waals surface area (Å²) in [5.74, 6) is 0. The van der Waals surface area contributed by atoms with Crippen molar-refractivity contribution in [1.82, 2.24) is 4.57 Å². The van der Waals surface area contributed by atoms with Crippen LogP contribution in [0.15, 0.2) is 279 Å². The summed E-state index contributed by atoms with van der Waals surface area (Å²) < 4.78 is 2.41. The SMILES string of the molecule is c1ccc(-c2ccc(-c3ccccc3N(c3cccc(-c4cccc(-c5ccccc5)c4-c4ccccc4-c4ccccc4)c3)c3cccc(-n4c5ccccc5c5ccccc54)c3)cc2)cc1. The maximum absolute atomic E-state index is 2.44. The van der Waals surface area contributed by atoms with Crippen molar-refractivity contribution in [2.45, 2.75) is 0 Å².